The van der Waals surface area contributed by atoms with Gasteiger partial charge in [0.25, 0.3) is 5.91 Å². The van der Waals surface area contributed by atoms with Crippen molar-refractivity contribution in [3.05, 3.63) is 46.0 Å². The lowest BCUT2D eigenvalue weighted by Crippen LogP contribution is -2.30. The van der Waals surface area contributed by atoms with Crippen molar-refractivity contribution in [2.45, 2.75) is 13.5 Å². The third kappa shape index (κ3) is 3.29. The molecular weight excluding hydrogens is 272 g/mol. The van der Waals surface area contributed by atoms with Gasteiger partial charge in [-0.15, -0.1) is 11.3 Å². The maximum Gasteiger partial charge on any atom is 0.265 e. The Morgan fingerprint density at radius 1 is 1.50 bits per heavy atom. The molecule has 2 aromatic rings. The van der Waals surface area contributed by atoms with Gasteiger partial charge in [-0.3, -0.25) is 4.79 Å². The molecule has 4 nitrogen and oxygen atoms in total. The molecule has 5 heteroatoms. The average molecular weight is 288 g/mol. The number of carbonyl (C=O) groups is 1. The molecule has 2 heterocycles. The number of rotatable bonds is 4. The Balaban J connectivity index is 2.18. The molecule has 2 rings (SSSR count). The van der Waals surface area contributed by atoms with E-state index in [4.69, 9.17) is 10.2 Å². The fourth-order valence-corrected chi connectivity index (χ4v) is 2.60. The molecule has 104 valence electrons. The number of nitrogens with two attached hydrogens (primary N) is 1. The Morgan fingerprint density at radius 2 is 2.35 bits per heavy atom. The van der Waals surface area contributed by atoms with Crippen LogP contribution in [0.25, 0.3) is 0 Å². The second kappa shape index (κ2) is 6.94. The van der Waals surface area contributed by atoms with Crippen LogP contribution in [-0.4, -0.2) is 23.9 Å². The first-order chi connectivity index (χ1) is 9.76. The monoisotopic (exact) mass is 288 g/mol. The van der Waals surface area contributed by atoms with Gasteiger partial charge in [0.2, 0.25) is 0 Å². The first-order valence-electron chi connectivity index (χ1n) is 6.34. The van der Waals surface area contributed by atoms with Crippen LogP contribution in [0, 0.1) is 11.8 Å². The molecule has 2 aromatic heterocycles. The van der Waals surface area contributed by atoms with E-state index in [0.29, 0.717) is 18.0 Å². The summed E-state index contributed by atoms with van der Waals surface area (Å²) in [6.45, 7) is 3.30. The molecule has 0 radical (unpaired) electrons. The molecule has 0 fully saturated rings. The molecule has 0 saturated heterocycles. The summed E-state index contributed by atoms with van der Waals surface area (Å²) < 4.78 is 5.29. The summed E-state index contributed by atoms with van der Waals surface area (Å²) >= 11 is 1.40. The zero-order valence-corrected chi connectivity index (χ0v) is 12.1. The van der Waals surface area contributed by atoms with Crippen LogP contribution in [0.4, 0.5) is 0 Å². The summed E-state index contributed by atoms with van der Waals surface area (Å²) in [6.07, 6.45) is 1.61. The van der Waals surface area contributed by atoms with Gasteiger partial charge in [0.15, 0.2) is 0 Å². The molecule has 0 aliphatic rings. The van der Waals surface area contributed by atoms with E-state index in [9.17, 15) is 4.79 Å². The predicted octanol–water partition coefficient (Wildman–Crippen LogP) is 2.31. The van der Waals surface area contributed by atoms with Crippen molar-refractivity contribution in [1.29, 1.82) is 0 Å². The number of furan rings is 1. The number of hydrogen-bond acceptors (Lipinski definition) is 4. The Kier molecular flexibility index (Phi) is 4.99. The van der Waals surface area contributed by atoms with Crippen molar-refractivity contribution in [3.8, 4) is 11.8 Å². The van der Waals surface area contributed by atoms with E-state index in [2.05, 4.69) is 11.8 Å². The Morgan fingerprint density at radius 3 is 3.00 bits per heavy atom. The van der Waals surface area contributed by atoms with Gasteiger partial charge in [-0.25, -0.2) is 0 Å². The quantitative estimate of drug-likeness (QED) is 0.878. The molecule has 0 aromatic carbocycles. The minimum absolute atomic E-state index is 0.0276. The Hall–Kier alpha value is -2.03. The van der Waals surface area contributed by atoms with Crippen LogP contribution >= 0.6 is 11.3 Å². The van der Waals surface area contributed by atoms with Crippen molar-refractivity contribution >= 4 is 17.2 Å². The molecule has 0 saturated carbocycles. The van der Waals surface area contributed by atoms with E-state index < -0.39 is 0 Å². The van der Waals surface area contributed by atoms with Gasteiger partial charge in [-0.05, 0) is 30.5 Å². The number of carbonyl (C=O) groups excluding carboxylic acids is 1. The molecule has 0 spiro atoms. The minimum atomic E-state index is -0.0276. The summed E-state index contributed by atoms with van der Waals surface area (Å²) in [5.74, 6) is 6.46. The second-order valence-corrected chi connectivity index (χ2v) is 4.98. The zero-order valence-electron chi connectivity index (χ0n) is 11.3. The van der Waals surface area contributed by atoms with Crippen LogP contribution in [0.2, 0.25) is 0 Å². The van der Waals surface area contributed by atoms with Gasteiger partial charge in [0.1, 0.15) is 10.6 Å². The summed E-state index contributed by atoms with van der Waals surface area (Å²) in [7, 11) is 0. The van der Waals surface area contributed by atoms with Crippen molar-refractivity contribution in [2.75, 3.05) is 13.1 Å². The van der Waals surface area contributed by atoms with E-state index in [1.165, 1.54) is 11.3 Å². The summed E-state index contributed by atoms with van der Waals surface area (Å²) in [5.41, 5.74) is 6.11. The summed E-state index contributed by atoms with van der Waals surface area (Å²) in [4.78, 5) is 14.9. The smallest absolute Gasteiger partial charge is 0.265 e. The van der Waals surface area contributed by atoms with E-state index in [0.717, 1.165) is 11.3 Å². The van der Waals surface area contributed by atoms with Gasteiger partial charge in [0.05, 0.1) is 19.4 Å². The third-order valence-electron chi connectivity index (χ3n) is 2.78. The highest BCUT2D eigenvalue weighted by molar-refractivity contribution is 7.12. The SMILES string of the molecule is CCN(Cc1ccco1)C(=O)c1sccc1C#CCN. The van der Waals surface area contributed by atoms with Gasteiger partial charge < -0.3 is 15.1 Å². The van der Waals surface area contributed by atoms with E-state index >= 15 is 0 Å². The topological polar surface area (TPSA) is 59.5 Å². The largest absolute Gasteiger partial charge is 0.467 e. The number of amides is 1. The molecule has 0 aliphatic heterocycles. The molecule has 20 heavy (non-hydrogen) atoms. The maximum absolute atomic E-state index is 12.5. The molecule has 1 amide bonds. The number of hydrogen-bond donors (Lipinski definition) is 1. The van der Waals surface area contributed by atoms with E-state index in [1.54, 1.807) is 11.2 Å². The Labute approximate surface area is 122 Å². The number of nitrogens with zero attached hydrogens (tertiary/aromatic N) is 1. The van der Waals surface area contributed by atoms with Crippen molar-refractivity contribution in [1.82, 2.24) is 4.90 Å². The van der Waals surface area contributed by atoms with Crippen LogP contribution in [0.15, 0.2) is 34.3 Å². The predicted molar refractivity (Wildman–Crippen MR) is 79.4 cm³/mol. The zero-order chi connectivity index (χ0) is 14.4. The molecule has 0 aliphatic carbocycles. The van der Waals surface area contributed by atoms with Gasteiger partial charge in [-0.1, -0.05) is 11.8 Å². The molecule has 0 unspecified atom stereocenters. The minimum Gasteiger partial charge on any atom is -0.467 e. The van der Waals surface area contributed by atoms with Crippen molar-refractivity contribution in [2.24, 2.45) is 5.73 Å². The number of thiophene rings is 1. The molecule has 0 bridgehead atoms. The molecular formula is C15H16N2O2S. The fraction of sp³-hybridized carbons (Fsp3) is 0.267. The lowest BCUT2D eigenvalue weighted by molar-refractivity contribution is 0.0746. The lowest BCUT2D eigenvalue weighted by atomic mass is 10.2. The van der Waals surface area contributed by atoms with Crippen molar-refractivity contribution < 1.29 is 9.21 Å². The van der Waals surface area contributed by atoms with Crippen LogP contribution in [0.1, 0.15) is 27.9 Å². The highest BCUT2D eigenvalue weighted by atomic mass is 32.1. The maximum atomic E-state index is 12.5. The van der Waals surface area contributed by atoms with Gasteiger partial charge >= 0.3 is 0 Å². The molecule has 2 N–H and O–H groups in total. The summed E-state index contributed by atoms with van der Waals surface area (Å²) in [6, 6.07) is 5.53. The highest BCUT2D eigenvalue weighted by Gasteiger charge is 2.19. The van der Waals surface area contributed by atoms with Crippen LogP contribution in [0.5, 0.6) is 0 Å². The first-order valence-corrected chi connectivity index (χ1v) is 7.22. The van der Waals surface area contributed by atoms with Crippen LogP contribution in [-0.2, 0) is 6.54 Å². The highest BCUT2D eigenvalue weighted by Crippen LogP contribution is 2.19. The first kappa shape index (κ1) is 14.4. The average Bonchev–Trinajstić information content (AvgIpc) is 3.12. The molecule has 0 atom stereocenters. The third-order valence-corrected chi connectivity index (χ3v) is 3.68. The van der Waals surface area contributed by atoms with Crippen molar-refractivity contribution in [3.63, 3.8) is 0 Å². The van der Waals surface area contributed by atoms with E-state index in [-0.39, 0.29) is 12.5 Å². The fourth-order valence-electron chi connectivity index (χ4n) is 1.78. The lowest BCUT2D eigenvalue weighted by Gasteiger charge is -2.19. The van der Waals surface area contributed by atoms with Crippen LogP contribution < -0.4 is 5.73 Å². The van der Waals surface area contributed by atoms with Crippen LogP contribution in [0.3, 0.4) is 0 Å². The second-order valence-electron chi connectivity index (χ2n) is 4.07. The van der Waals surface area contributed by atoms with Gasteiger partial charge in [-0.2, -0.15) is 0 Å². The van der Waals surface area contributed by atoms with Gasteiger partial charge in [0, 0.05) is 12.1 Å². The standard InChI is InChI=1S/C15H16N2O2S/c1-2-17(11-13-6-4-9-19-13)15(18)14-12(5-3-8-16)7-10-20-14/h4,6-7,9-10H,2,8,11,16H2,1H3. The Bertz CT molecular complexity index is 620. The van der Waals surface area contributed by atoms with E-state index in [1.807, 2.05) is 30.5 Å². The normalized spacial score (nSPS) is 9.90. The summed E-state index contributed by atoms with van der Waals surface area (Å²) in [5, 5.41) is 1.87.